The summed E-state index contributed by atoms with van der Waals surface area (Å²) in [6, 6.07) is 7.12. The summed E-state index contributed by atoms with van der Waals surface area (Å²) >= 11 is 1.28. The predicted molar refractivity (Wildman–Crippen MR) is 139 cm³/mol. The number of fused-ring (bicyclic) bond motifs is 1. The summed E-state index contributed by atoms with van der Waals surface area (Å²) in [4.78, 5) is 44.8. The molecule has 0 radical (unpaired) electrons. The number of likely N-dealkylation sites (N-methyl/N-ethyl adjacent to an activating group) is 1. The Morgan fingerprint density at radius 2 is 2.03 bits per heavy atom. The maximum Gasteiger partial charge on any atom is 0.287 e. The SMILES string of the molecule is CNC(=O)[C@@H](NC(=O)c1ccc(-c2ccc(CSc3nc4c(c(=O)[nH]3)CCC4)c(F)c2)o1)C1CCOCC1. The number of furan rings is 1. The van der Waals surface area contributed by atoms with Crippen LogP contribution >= 0.6 is 11.8 Å². The molecule has 0 saturated carbocycles. The number of benzene rings is 1. The van der Waals surface area contributed by atoms with Gasteiger partial charge in [-0.1, -0.05) is 23.9 Å². The van der Waals surface area contributed by atoms with Gasteiger partial charge < -0.3 is 24.8 Å². The normalized spacial score (nSPS) is 16.2. The average molecular weight is 541 g/mol. The molecule has 1 atom stereocenters. The first-order chi connectivity index (χ1) is 18.4. The lowest BCUT2D eigenvalue weighted by atomic mass is 9.91. The number of aryl methyl sites for hydroxylation is 1. The second-order valence-electron chi connectivity index (χ2n) is 9.42. The molecule has 3 N–H and O–H groups in total. The molecular weight excluding hydrogens is 511 g/mol. The number of nitrogens with one attached hydrogen (secondary N) is 3. The van der Waals surface area contributed by atoms with Gasteiger partial charge in [0.05, 0.1) is 5.69 Å². The van der Waals surface area contributed by atoms with Crippen molar-refractivity contribution >= 4 is 23.6 Å². The number of carbonyl (C=O) groups is 2. The highest BCUT2D eigenvalue weighted by Crippen LogP contribution is 2.28. The highest BCUT2D eigenvalue weighted by atomic mass is 32.2. The molecule has 1 aliphatic heterocycles. The zero-order chi connectivity index (χ0) is 26.6. The maximum absolute atomic E-state index is 14.9. The van der Waals surface area contributed by atoms with Crippen LogP contribution in [0, 0.1) is 11.7 Å². The van der Waals surface area contributed by atoms with Crippen LogP contribution in [0.1, 0.15) is 46.6 Å². The van der Waals surface area contributed by atoms with Gasteiger partial charge >= 0.3 is 0 Å². The fourth-order valence-electron chi connectivity index (χ4n) is 4.88. The van der Waals surface area contributed by atoms with Crippen molar-refractivity contribution in [3.63, 3.8) is 0 Å². The second kappa shape index (κ2) is 11.5. The number of aromatic nitrogens is 2. The molecule has 1 aliphatic carbocycles. The Morgan fingerprint density at radius 1 is 1.21 bits per heavy atom. The molecule has 1 aromatic carbocycles. The van der Waals surface area contributed by atoms with Crippen molar-refractivity contribution in [3.8, 4) is 11.3 Å². The third-order valence-electron chi connectivity index (χ3n) is 7.00. The molecule has 38 heavy (non-hydrogen) atoms. The Bertz CT molecular complexity index is 1400. The number of H-pyrrole nitrogens is 1. The van der Waals surface area contributed by atoms with Crippen LogP contribution in [0.5, 0.6) is 0 Å². The molecule has 3 aromatic rings. The first-order valence-electron chi connectivity index (χ1n) is 12.7. The van der Waals surface area contributed by atoms with E-state index in [0.29, 0.717) is 53.9 Å². The van der Waals surface area contributed by atoms with E-state index in [1.165, 1.54) is 30.9 Å². The average Bonchev–Trinajstić information content (AvgIpc) is 3.62. The Balaban J connectivity index is 1.25. The number of amides is 2. The number of hydrogen-bond donors (Lipinski definition) is 3. The number of rotatable bonds is 8. The monoisotopic (exact) mass is 540 g/mol. The molecule has 3 heterocycles. The molecule has 1 saturated heterocycles. The van der Waals surface area contributed by atoms with Crippen molar-refractivity contribution < 1.29 is 23.1 Å². The number of hydrogen-bond acceptors (Lipinski definition) is 7. The van der Waals surface area contributed by atoms with Gasteiger partial charge in [-0.2, -0.15) is 0 Å². The molecule has 0 spiro atoms. The van der Waals surface area contributed by atoms with Crippen LogP contribution in [0.15, 0.2) is 44.7 Å². The van der Waals surface area contributed by atoms with Gasteiger partial charge in [0.2, 0.25) is 5.91 Å². The summed E-state index contributed by atoms with van der Waals surface area (Å²) in [5, 5.41) is 5.87. The third kappa shape index (κ3) is 5.68. The van der Waals surface area contributed by atoms with Gasteiger partial charge in [-0.25, -0.2) is 9.37 Å². The number of aromatic amines is 1. The van der Waals surface area contributed by atoms with Gasteiger partial charge in [0.25, 0.3) is 11.5 Å². The van der Waals surface area contributed by atoms with E-state index >= 15 is 0 Å². The molecule has 9 nitrogen and oxygen atoms in total. The topological polar surface area (TPSA) is 126 Å². The maximum atomic E-state index is 14.9. The minimum atomic E-state index is -0.700. The summed E-state index contributed by atoms with van der Waals surface area (Å²) < 4.78 is 26.0. The number of ether oxygens (including phenoxy) is 1. The Hall–Kier alpha value is -3.44. The van der Waals surface area contributed by atoms with E-state index in [-0.39, 0.29) is 23.1 Å². The van der Waals surface area contributed by atoms with E-state index in [9.17, 15) is 18.8 Å². The number of thioether (sulfide) groups is 1. The Kier molecular flexibility index (Phi) is 7.94. The molecule has 2 amide bonds. The van der Waals surface area contributed by atoms with Crippen molar-refractivity contribution in [2.45, 2.75) is 49.1 Å². The van der Waals surface area contributed by atoms with E-state index in [2.05, 4.69) is 20.6 Å². The first-order valence-corrected chi connectivity index (χ1v) is 13.6. The van der Waals surface area contributed by atoms with Crippen LogP contribution in [0.2, 0.25) is 0 Å². The van der Waals surface area contributed by atoms with E-state index in [0.717, 1.165) is 30.5 Å². The third-order valence-corrected chi connectivity index (χ3v) is 7.93. The zero-order valence-corrected chi connectivity index (χ0v) is 21.8. The van der Waals surface area contributed by atoms with Crippen molar-refractivity contribution in [3.05, 3.63) is 69.1 Å². The lowest BCUT2D eigenvalue weighted by Crippen LogP contribution is -2.51. The van der Waals surface area contributed by atoms with Crippen LogP contribution in [-0.4, -0.2) is 48.1 Å². The zero-order valence-electron chi connectivity index (χ0n) is 21.0. The van der Waals surface area contributed by atoms with E-state index in [1.807, 2.05) is 0 Å². The van der Waals surface area contributed by atoms with E-state index in [1.54, 1.807) is 18.2 Å². The van der Waals surface area contributed by atoms with Gasteiger partial charge in [-0.3, -0.25) is 14.4 Å². The van der Waals surface area contributed by atoms with Crippen LogP contribution in [0.3, 0.4) is 0 Å². The molecule has 2 aliphatic rings. The smallest absolute Gasteiger partial charge is 0.287 e. The molecule has 1 fully saturated rings. The van der Waals surface area contributed by atoms with Gasteiger partial charge in [0.1, 0.15) is 17.6 Å². The summed E-state index contributed by atoms with van der Waals surface area (Å²) in [5.74, 6) is -0.584. The van der Waals surface area contributed by atoms with E-state index < -0.39 is 17.8 Å². The van der Waals surface area contributed by atoms with Crippen LogP contribution in [0.4, 0.5) is 4.39 Å². The summed E-state index contributed by atoms with van der Waals surface area (Å²) in [5.41, 5.74) is 2.41. The van der Waals surface area contributed by atoms with E-state index in [4.69, 9.17) is 9.15 Å². The van der Waals surface area contributed by atoms with Gasteiger partial charge in [-0.15, -0.1) is 0 Å². The summed E-state index contributed by atoms with van der Waals surface area (Å²) in [7, 11) is 1.53. The fraction of sp³-hybridized carbons (Fsp3) is 0.407. The summed E-state index contributed by atoms with van der Waals surface area (Å²) in [6.45, 7) is 1.08. The molecule has 2 aromatic heterocycles. The van der Waals surface area contributed by atoms with Gasteiger partial charge in [0.15, 0.2) is 10.9 Å². The lowest BCUT2D eigenvalue weighted by molar-refractivity contribution is -0.124. The Labute approximate surface area is 222 Å². The quantitative estimate of drug-likeness (QED) is 0.296. The van der Waals surface area contributed by atoms with Crippen molar-refractivity contribution in [2.24, 2.45) is 5.92 Å². The summed E-state index contributed by atoms with van der Waals surface area (Å²) in [6.07, 6.45) is 3.81. The van der Waals surface area contributed by atoms with Crippen LogP contribution < -0.4 is 16.2 Å². The van der Waals surface area contributed by atoms with Crippen molar-refractivity contribution in [1.29, 1.82) is 0 Å². The molecule has 5 rings (SSSR count). The van der Waals surface area contributed by atoms with Crippen LogP contribution in [-0.2, 0) is 28.1 Å². The Morgan fingerprint density at radius 3 is 2.79 bits per heavy atom. The molecule has 11 heteroatoms. The largest absolute Gasteiger partial charge is 0.451 e. The van der Waals surface area contributed by atoms with Gasteiger partial charge in [-0.05, 0) is 61.8 Å². The first kappa shape index (κ1) is 26.2. The number of halogens is 1. The fourth-order valence-corrected chi connectivity index (χ4v) is 5.75. The van der Waals surface area contributed by atoms with Gasteiger partial charge in [0, 0.05) is 37.1 Å². The predicted octanol–water partition coefficient (Wildman–Crippen LogP) is 3.22. The minimum Gasteiger partial charge on any atom is -0.451 e. The highest BCUT2D eigenvalue weighted by Gasteiger charge is 2.31. The second-order valence-corrected chi connectivity index (χ2v) is 10.4. The minimum absolute atomic E-state index is 0.0349. The lowest BCUT2D eigenvalue weighted by Gasteiger charge is -2.29. The molecule has 200 valence electrons. The molecular formula is C27H29FN4O5S. The number of nitrogens with zero attached hydrogens (tertiary/aromatic N) is 1. The standard InChI is InChI=1S/C27H29FN4O5S/c1-29-26(35)23(15-9-11-36-12-10-15)31-25(34)22-8-7-21(37-22)16-5-6-17(19(28)13-16)14-38-27-30-20-4-2-3-18(20)24(33)32-27/h5-8,13,15,23H,2-4,9-12,14H2,1H3,(H,29,35)(H,31,34)(H,30,32,33)/t23-/m0/s1. The number of carbonyl (C=O) groups excluding carboxylic acids is 2. The molecule has 0 unspecified atom stereocenters. The van der Waals surface area contributed by atoms with Crippen LogP contribution in [0.25, 0.3) is 11.3 Å². The highest BCUT2D eigenvalue weighted by molar-refractivity contribution is 7.98. The molecule has 0 bridgehead atoms. The van der Waals surface area contributed by atoms with Crippen molar-refractivity contribution in [2.75, 3.05) is 20.3 Å². The van der Waals surface area contributed by atoms with Crippen molar-refractivity contribution in [1.82, 2.24) is 20.6 Å².